The van der Waals surface area contributed by atoms with Gasteiger partial charge in [0.2, 0.25) is 0 Å². The lowest BCUT2D eigenvalue weighted by molar-refractivity contribution is 0.0951. The predicted molar refractivity (Wildman–Crippen MR) is 115 cm³/mol. The maximum atomic E-state index is 12.3. The van der Waals surface area contributed by atoms with Crippen molar-refractivity contribution < 1.29 is 4.79 Å². The summed E-state index contributed by atoms with van der Waals surface area (Å²) < 4.78 is 0. The van der Waals surface area contributed by atoms with E-state index >= 15 is 0 Å². The van der Waals surface area contributed by atoms with E-state index < -0.39 is 0 Å². The minimum atomic E-state index is -0.0415. The van der Waals surface area contributed by atoms with Gasteiger partial charge in [0.15, 0.2) is 0 Å². The van der Waals surface area contributed by atoms with Crippen molar-refractivity contribution in [1.82, 2.24) is 25.4 Å². The number of nitrogens with zero attached hydrogens (tertiary/aromatic N) is 3. The summed E-state index contributed by atoms with van der Waals surface area (Å²) in [6, 6.07) is 11.9. The molecule has 2 aromatic heterocycles. The summed E-state index contributed by atoms with van der Waals surface area (Å²) in [5.41, 5.74) is 7.49. The molecular formula is C23H23N5O. The van der Waals surface area contributed by atoms with Crippen molar-refractivity contribution >= 4 is 27.7 Å². The fourth-order valence-electron chi connectivity index (χ4n) is 4.03. The van der Waals surface area contributed by atoms with Gasteiger partial charge in [0.25, 0.3) is 5.91 Å². The quantitative estimate of drug-likeness (QED) is 0.553. The third kappa shape index (κ3) is 3.06. The van der Waals surface area contributed by atoms with Crippen molar-refractivity contribution in [2.24, 2.45) is 0 Å². The monoisotopic (exact) mass is 385 g/mol. The molecule has 146 valence electrons. The largest absolute Gasteiger partial charge is 0.351 e. The zero-order valence-corrected chi connectivity index (χ0v) is 16.6. The van der Waals surface area contributed by atoms with E-state index in [9.17, 15) is 4.79 Å². The molecule has 29 heavy (non-hydrogen) atoms. The summed E-state index contributed by atoms with van der Waals surface area (Å²) >= 11 is 0. The lowest BCUT2D eigenvalue weighted by Crippen LogP contribution is -2.31. The number of aromatic amines is 1. The van der Waals surface area contributed by atoms with Crippen molar-refractivity contribution in [3.8, 4) is 11.3 Å². The molecule has 0 spiro atoms. The number of aryl methyl sites for hydroxylation is 1. The number of carbonyl (C=O) groups is 1. The standard InChI is InChI=1S/C23H23N5O/c1-28(2)12-11-24-23(29)15-5-3-14(4-6-15)22-17-8-7-16(17)21-18-13-25-27-19(18)9-10-20(21)26-22/h3-6,9-10,13H,7-8,11-12H2,1-2H3,(H,24,29)(H,25,27). The van der Waals surface area contributed by atoms with Crippen LogP contribution < -0.4 is 5.32 Å². The molecule has 0 aliphatic heterocycles. The summed E-state index contributed by atoms with van der Waals surface area (Å²) in [6.45, 7) is 1.46. The number of amides is 1. The predicted octanol–water partition coefficient (Wildman–Crippen LogP) is 3.17. The fourth-order valence-corrected chi connectivity index (χ4v) is 4.03. The number of hydrogen-bond donors (Lipinski definition) is 2. The molecule has 0 fully saturated rings. The van der Waals surface area contributed by atoms with Crippen LogP contribution in [-0.2, 0) is 12.8 Å². The first-order chi connectivity index (χ1) is 14.1. The number of nitrogens with one attached hydrogen (secondary N) is 2. The highest BCUT2D eigenvalue weighted by molar-refractivity contribution is 6.08. The van der Waals surface area contributed by atoms with E-state index in [0.29, 0.717) is 12.1 Å². The van der Waals surface area contributed by atoms with Gasteiger partial charge in [0, 0.05) is 35.0 Å². The van der Waals surface area contributed by atoms with Crippen LogP contribution >= 0.6 is 0 Å². The van der Waals surface area contributed by atoms with Gasteiger partial charge in [-0.2, -0.15) is 5.10 Å². The third-order valence-corrected chi connectivity index (χ3v) is 5.68. The normalized spacial score (nSPS) is 12.9. The summed E-state index contributed by atoms with van der Waals surface area (Å²) in [5, 5.41) is 12.6. The van der Waals surface area contributed by atoms with Crippen molar-refractivity contribution in [3.05, 3.63) is 59.3 Å². The molecule has 0 radical (unpaired) electrons. The highest BCUT2D eigenvalue weighted by Gasteiger charge is 2.24. The number of pyridine rings is 1. The van der Waals surface area contributed by atoms with Gasteiger partial charge in [-0.25, -0.2) is 4.98 Å². The molecule has 4 aromatic rings. The van der Waals surface area contributed by atoms with Gasteiger partial charge in [-0.15, -0.1) is 0 Å². The molecule has 2 aromatic carbocycles. The SMILES string of the molecule is CN(C)CCNC(=O)c1ccc(-c2nc3ccc4[nH]ncc4c3c3c2CC3)cc1. The molecule has 1 amide bonds. The highest BCUT2D eigenvalue weighted by Crippen LogP contribution is 2.39. The smallest absolute Gasteiger partial charge is 0.251 e. The highest BCUT2D eigenvalue weighted by atomic mass is 16.1. The number of likely N-dealkylation sites (N-methyl/N-ethyl adjacent to an activating group) is 1. The second kappa shape index (κ2) is 6.97. The fraction of sp³-hybridized carbons (Fsp3) is 0.261. The van der Waals surface area contributed by atoms with Crippen LogP contribution in [0.1, 0.15) is 21.5 Å². The van der Waals surface area contributed by atoms with E-state index in [4.69, 9.17) is 4.98 Å². The van der Waals surface area contributed by atoms with E-state index in [1.165, 1.54) is 16.5 Å². The third-order valence-electron chi connectivity index (χ3n) is 5.68. The Bertz CT molecular complexity index is 1220. The van der Waals surface area contributed by atoms with Crippen LogP contribution in [0.2, 0.25) is 0 Å². The maximum absolute atomic E-state index is 12.3. The second-order valence-corrected chi connectivity index (χ2v) is 7.84. The zero-order valence-electron chi connectivity index (χ0n) is 16.6. The Balaban J connectivity index is 1.48. The topological polar surface area (TPSA) is 73.9 Å². The summed E-state index contributed by atoms with van der Waals surface area (Å²) in [7, 11) is 3.98. The van der Waals surface area contributed by atoms with Gasteiger partial charge in [0.05, 0.1) is 22.9 Å². The second-order valence-electron chi connectivity index (χ2n) is 7.84. The molecule has 0 unspecified atom stereocenters. The molecule has 1 aliphatic rings. The summed E-state index contributed by atoms with van der Waals surface area (Å²) in [5.74, 6) is -0.0415. The lowest BCUT2D eigenvalue weighted by Gasteiger charge is -2.24. The molecule has 2 N–H and O–H groups in total. The van der Waals surface area contributed by atoms with Crippen LogP contribution in [-0.4, -0.2) is 53.2 Å². The van der Waals surface area contributed by atoms with Crippen LogP contribution in [0.5, 0.6) is 0 Å². The maximum Gasteiger partial charge on any atom is 0.251 e. The van der Waals surface area contributed by atoms with Crippen LogP contribution in [0.4, 0.5) is 0 Å². The molecule has 1 aliphatic carbocycles. The Morgan fingerprint density at radius 3 is 2.62 bits per heavy atom. The number of carbonyl (C=O) groups excluding carboxylic acids is 1. The molecule has 0 saturated carbocycles. The Hall–Kier alpha value is -3.25. The summed E-state index contributed by atoms with van der Waals surface area (Å²) in [4.78, 5) is 19.4. The number of H-pyrrole nitrogens is 1. The minimum absolute atomic E-state index is 0.0415. The van der Waals surface area contributed by atoms with E-state index in [1.807, 2.05) is 55.5 Å². The molecule has 6 heteroatoms. The van der Waals surface area contributed by atoms with Gasteiger partial charge in [-0.3, -0.25) is 9.89 Å². The van der Waals surface area contributed by atoms with E-state index in [2.05, 4.69) is 21.6 Å². The van der Waals surface area contributed by atoms with Crippen LogP contribution in [0.3, 0.4) is 0 Å². The van der Waals surface area contributed by atoms with Gasteiger partial charge in [-0.1, -0.05) is 12.1 Å². The Labute approximate surface area is 168 Å². The number of rotatable bonds is 5. The number of benzene rings is 2. The van der Waals surface area contributed by atoms with Crippen molar-refractivity contribution in [1.29, 1.82) is 0 Å². The molecule has 0 bridgehead atoms. The average Bonchev–Trinajstić information content (AvgIpc) is 3.16. The molecular weight excluding hydrogens is 362 g/mol. The first-order valence-corrected chi connectivity index (χ1v) is 9.93. The van der Waals surface area contributed by atoms with Crippen molar-refractivity contribution in [3.63, 3.8) is 0 Å². The Kier molecular flexibility index (Phi) is 4.28. The van der Waals surface area contributed by atoms with Gasteiger partial charge in [0.1, 0.15) is 0 Å². The molecule has 0 saturated heterocycles. The van der Waals surface area contributed by atoms with E-state index in [1.54, 1.807) is 0 Å². The first-order valence-electron chi connectivity index (χ1n) is 9.93. The van der Waals surface area contributed by atoms with Crippen LogP contribution in [0, 0.1) is 0 Å². The minimum Gasteiger partial charge on any atom is -0.351 e. The molecule has 5 rings (SSSR count). The molecule has 0 atom stereocenters. The van der Waals surface area contributed by atoms with Crippen LogP contribution in [0.25, 0.3) is 33.1 Å². The average molecular weight is 385 g/mol. The summed E-state index contributed by atoms with van der Waals surface area (Å²) in [6.07, 6.45) is 3.99. The molecule has 6 nitrogen and oxygen atoms in total. The molecule has 2 heterocycles. The van der Waals surface area contributed by atoms with Gasteiger partial charge < -0.3 is 10.2 Å². The lowest BCUT2D eigenvalue weighted by atomic mass is 9.82. The van der Waals surface area contributed by atoms with Gasteiger partial charge >= 0.3 is 0 Å². The zero-order chi connectivity index (χ0) is 20.0. The van der Waals surface area contributed by atoms with E-state index in [-0.39, 0.29) is 5.91 Å². The van der Waals surface area contributed by atoms with E-state index in [0.717, 1.165) is 47.1 Å². The number of fused-ring (bicyclic) bond motifs is 5. The van der Waals surface area contributed by atoms with Crippen molar-refractivity contribution in [2.75, 3.05) is 27.2 Å². The van der Waals surface area contributed by atoms with Crippen LogP contribution in [0.15, 0.2) is 42.6 Å². The van der Waals surface area contributed by atoms with Crippen molar-refractivity contribution in [2.45, 2.75) is 12.8 Å². The number of aromatic nitrogens is 3. The number of hydrogen-bond acceptors (Lipinski definition) is 4. The Morgan fingerprint density at radius 1 is 1.10 bits per heavy atom. The Morgan fingerprint density at radius 2 is 1.90 bits per heavy atom. The first kappa shape index (κ1) is 17.8. The van der Waals surface area contributed by atoms with Gasteiger partial charge in [-0.05, 0) is 62.3 Å².